The van der Waals surface area contributed by atoms with E-state index in [9.17, 15) is 4.79 Å². The molecule has 0 unspecified atom stereocenters. The number of aromatic nitrogens is 5. The number of hydrogen-bond acceptors (Lipinski definition) is 5. The molecule has 0 atom stereocenters. The molecular formula is C15H14N6O. The minimum atomic E-state index is -0.159. The Morgan fingerprint density at radius 1 is 1.18 bits per heavy atom. The fraction of sp³-hybridized carbons (Fsp3) is 0.133. The molecule has 3 aromatic heterocycles. The van der Waals surface area contributed by atoms with Gasteiger partial charge in [0.2, 0.25) is 0 Å². The Labute approximate surface area is 127 Å². The molecule has 0 bridgehead atoms. The van der Waals surface area contributed by atoms with Crippen LogP contribution in [0.1, 0.15) is 21.6 Å². The molecule has 1 amide bonds. The second-order valence-corrected chi connectivity index (χ2v) is 4.74. The summed E-state index contributed by atoms with van der Waals surface area (Å²) in [4.78, 5) is 24.2. The molecule has 0 radical (unpaired) electrons. The van der Waals surface area contributed by atoms with Gasteiger partial charge >= 0.3 is 0 Å². The molecular weight excluding hydrogens is 280 g/mol. The molecule has 110 valence electrons. The average molecular weight is 294 g/mol. The van der Waals surface area contributed by atoms with E-state index in [0.717, 1.165) is 11.3 Å². The fourth-order valence-corrected chi connectivity index (χ4v) is 1.87. The normalized spacial score (nSPS) is 10.4. The van der Waals surface area contributed by atoms with Gasteiger partial charge in [-0.2, -0.15) is 5.10 Å². The molecule has 0 saturated heterocycles. The van der Waals surface area contributed by atoms with Crippen molar-refractivity contribution in [3.63, 3.8) is 0 Å². The minimum Gasteiger partial charge on any atom is -0.348 e. The Morgan fingerprint density at radius 2 is 2.09 bits per heavy atom. The zero-order valence-electron chi connectivity index (χ0n) is 12.0. The zero-order valence-corrected chi connectivity index (χ0v) is 12.0. The van der Waals surface area contributed by atoms with Crippen LogP contribution in [0.25, 0.3) is 5.82 Å². The van der Waals surface area contributed by atoms with Gasteiger partial charge in [0.25, 0.3) is 5.91 Å². The predicted molar refractivity (Wildman–Crippen MR) is 79.3 cm³/mol. The number of rotatable bonds is 4. The van der Waals surface area contributed by atoms with Crippen molar-refractivity contribution in [3.05, 3.63) is 66.1 Å². The molecule has 3 aromatic rings. The SMILES string of the molecule is Cc1ccc(C(=O)NCc2ccc(-n3cncn3)nc2)cn1. The monoisotopic (exact) mass is 294 g/mol. The van der Waals surface area contributed by atoms with Crippen LogP contribution in [0.5, 0.6) is 0 Å². The summed E-state index contributed by atoms with van der Waals surface area (Å²) in [5.41, 5.74) is 2.32. The van der Waals surface area contributed by atoms with E-state index in [0.29, 0.717) is 17.9 Å². The smallest absolute Gasteiger partial charge is 0.253 e. The second kappa shape index (κ2) is 6.13. The topological polar surface area (TPSA) is 85.6 Å². The largest absolute Gasteiger partial charge is 0.348 e. The van der Waals surface area contributed by atoms with Gasteiger partial charge in [0.05, 0.1) is 5.56 Å². The van der Waals surface area contributed by atoms with Gasteiger partial charge in [0.15, 0.2) is 5.82 Å². The van der Waals surface area contributed by atoms with E-state index in [1.165, 1.54) is 6.33 Å². The van der Waals surface area contributed by atoms with Crippen molar-refractivity contribution in [2.45, 2.75) is 13.5 Å². The summed E-state index contributed by atoms with van der Waals surface area (Å²) in [6, 6.07) is 7.27. The van der Waals surface area contributed by atoms with Crippen LogP contribution in [0.15, 0.2) is 49.3 Å². The van der Waals surface area contributed by atoms with Crippen molar-refractivity contribution in [1.29, 1.82) is 0 Å². The number of pyridine rings is 2. The van der Waals surface area contributed by atoms with Gasteiger partial charge in [-0.3, -0.25) is 9.78 Å². The molecule has 0 saturated carbocycles. The average Bonchev–Trinajstić information content (AvgIpc) is 3.08. The maximum absolute atomic E-state index is 12.0. The van der Waals surface area contributed by atoms with Crippen LogP contribution in [0, 0.1) is 6.92 Å². The van der Waals surface area contributed by atoms with Gasteiger partial charge in [-0.15, -0.1) is 0 Å². The highest BCUT2D eigenvalue weighted by Gasteiger charge is 2.06. The summed E-state index contributed by atoms with van der Waals surface area (Å²) < 4.78 is 1.57. The third-order valence-electron chi connectivity index (χ3n) is 3.09. The molecule has 0 aromatic carbocycles. The molecule has 0 aliphatic heterocycles. The molecule has 7 nitrogen and oxygen atoms in total. The molecule has 22 heavy (non-hydrogen) atoms. The van der Waals surface area contributed by atoms with Crippen LogP contribution in [-0.2, 0) is 6.54 Å². The maximum atomic E-state index is 12.0. The molecule has 0 fully saturated rings. The third kappa shape index (κ3) is 3.14. The lowest BCUT2D eigenvalue weighted by Gasteiger charge is -2.06. The van der Waals surface area contributed by atoms with E-state index in [1.807, 2.05) is 25.1 Å². The predicted octanol–water partition coefficient (Wildman–Crippen LogP) is 1.30. The van der Waals surface area contributed by atoms with E-state index in [-0.39, 0.29) is 5.91 Å². The third-order valence-corrected chi connectivity index (χ3v) is 3.09. The summed E-state index contributed by atoms with van der Waals surface area (Å²) in [5.74, 6) is 0.517. The van der Waals surface area contributed by atoms with Crippen molar-refractivity contribution in [3.8, 4) is 5.82 Å². The minimum absolute atomic E-state index is 0.159. The highest BCUT2D eigenvalue weighted by atomic mass is 16.1. The van der Waals surface area contributed by atoms with Gasteiger partial charge in [-0.25, -0.2) is 14.6 Å². The Balaban J connectivity index is 1.61. The summed E-state index contributed by atoms with van der Waals surface area (Å²) in [7, 11) is 0. The summed E-state index contributed by atoms with van der Waals surface area (Å²) >= 11 is 0. The molecule has 1 N–H and O–H groups in total. The Bertz CT molecular complexity index is 750. The number of carbonyl (C=O) groups excluding carboxylic acids is 1. The lowest BCUT2D eigenvalue weighted by molar-refractivity contribution is 0.0950. The van der Waals surface area contributed by atoms with Gasteiger partial charge in [-0.1, -0.05) is 6.07 Å². The van der Waals surface area contributed by atoms with Crippen molar-refractivity contribution < 1.29 is 4.79 Å². The highest BCUT2D eigenvalue weighted by Crippen LogP contribution is 2.05. The number of hydrogen-bond donors (Lipinski definition) is 1. The first-order valence-electron chi connectivity index (χ1n) is 6.73. The molecule has 0 spiro atoms. The molecule has 3 heterocycles. The Kier molecular flexibility index (Phi) is 3.86. The van der Waals surface area contributed by atoms with Crippen LogP contribution in [0.2, 0.25) is 0 Å². The van der Waals surface area contributed by atoms with Gasteiger partial charge in [-0.05, 0) is 30.7 Å². The summed E-state index contributed by atoms with van der Waals surface area (Å²) in [6.45, 7) is 2.28. The van der Waals surface area contributed by atoms with E-state index < -0.39 is 0 Å². The van der Waals surface area contributed by atoms with Gasteiger partial charge < -0.3 is 5.32 Å². The van der Waals surface area contributed by atoms with Crippen molar-refractivity contribution in [2.75, 3.05) is 0 Å². The molecule has 0 aliphatic carbocycles. The number of amides is 1. The van der Waals surface area contributed by atoms with Crippen LogP contribution in [-0.4, -0.2) is 30.6 Å². The highest BCUT2D eigenvalue weighted by molar-refractivity contribution is 5.93. The first kappa shape index (κ1) is 13.9. The van der Waals surface area contributed by atoms with E-state index in [2.05, 4.69) is 25.4 Å². The number of aryl methyl sites for hydroxylation is 1. The number of carbonyl (C=O) groups is 1. The Hall–Kier alpha value is -3.09. The van der Waals surface area contributed by atoms with Crippen LogP contribution in [0.4, 0.5) is 0 Å². The van der Waals surface area contributed by atoms with Gasteiger partial charge in [0.1, 0.15) is 12.7 Å². The van der Waals surface area contributed by atoms with E-state index in [1.54, 1.807) is 29.5 Å². The summed E-state index contributed by atoms with van der Waals surface area (Å²) in [5, 5.41) is 6.84. The molecule has 3 rings (SSSR count). The lowest BCUT2D eigenvalue weighted by atomic mass is 10.2. The maximum Gasteiger partial charge on any atom is 0.253 e. The lowest BCUT2D eigenvalue weighted by Crippen LogP contribution is -2.23. The second-order valence-electron chi connectivity index (χ2n) is 4.74. The quantitative estimate of drug-likeness (QED) is 0.783. The van der Waals surface area contributed by atoms with Crippen molar-refractivity contribution in [2.24, 2.45) is 0 Å². The van der Waals surface area contributed by atoms with E-state index >= 15 is 0 Å². The van der Waals surface area contributed by atoms with Crippen LogP contribution < -0.4 is 5.32 Å². The first-order chi connectivity index (χ1) is 10.7. The number of nitrogens with one attached hydrogen (secondary N) is 1. The Morgan fingerprint density at radius 3 is 2.73 bits per heavy atom. The van der Waals surface area contributed by atoms with Crippen LogP contribution >= 0.6 is 0 Å². The summed E-state index contributed by atoms with van der Waals surface area (Å²) in [6.07, 6.45) is 6.29. The standard InChI is InChI=1S/C15H14N6O/c1-11-2-4-13(8-17-11)15(22)19-7-12-3-5-14(18-6-12)21-10-16-9-20-21/h2-6,8-10H,7H2,1H3,(H,19,22). The van der Waals surface area contributed by atoms with E-state index in [4.69, 9.17) is 0 Å². The fourth-order valence-electron chi connectivity index (χ4n) is 1.87. The van der Waals surface area contributed by atoms with Gasteiger partial charge in [0, 0.05) is 24.6 Å². The van der Waals surface area contributed by atoms with Crippen LogP contribution in [0.3, 0.4) is 0 Å². The molecule has 0 aliphatic rings. The van der Waals surface area contributed by atoms with Crippen molar-refractivity contribution >= 4 is 5.91 Å². The zero-order chi connectivity index (χ0) is 15.4. The first-order valence-corrected chi connectivity index (χ1v) is 6.73. The molecule has 7 heteroatoms. The number of nitrogens with zero attached hydrogens (tertiary/aromatic N) is 5. The van der Waals surface area contributed by atoms with Crippen molar-refractivity contribution in [1.82, 2.24) is 30.0 Å².